The number of allylic oxidation sites excluding steroid dienone is 1. The van der Waals surface area contributed by atoms with Crippen molar-refractivity contribution in [1.29, 1.82) is 0 Å². The Labute approximate surface area is 153 Å². The lowest BCUT2D eigenvalue weighted by Crippen LogP contribution is -2.20. The van der Waals surface area contributed by atoms with E-state index < -0.39 is 5.91 Å². The Morgan fingerprint density at radius 3 is 2.67 bits per heavy atom. The third kappa shape index (κ3) is 4.94. The van der Waals surface area contributed by atoms with Crippen LogP contribution in [-0.2, 0) is 4.79 Å². The van der Waals surface area contributed by atoms with Crippen LogP contribution in [0.3, 0.4) is 0 Å². The Kier molecular flexibility index (Phi) is 6.17. The summed E-state index contributed by atoms with van der Waals surface area (Å²) in [7, 11) is 0. The number of rotatable bonds is 6. The van der Waals surface area contributed by atoms with Crippen molar-refractivity contribution < 1.29 is 14.3 Å². The van der Waals surface area contributed by atoms with E-state index in [1.165, 1.54) is 6.08 Å². The van der Waals surface area contributed by atoms with E-state index in [9.17, 15) is 9.59 Å². The molecule has 2 aromatic rings. The molecule has 2 rings (SSSR count). The largest absolute Gasteiger partial charge is 0.483 e. The van der Waals surface area contributed by atoms with Crippen molar-refractivity contribution in [3.8, 4) is 5.75 Å². The van der Waals surface area contributed by atoms with Gasteiger partial charge in [0.25, 0.3) is 5.91 Å². The average Bonchev–Trinajstić information content (AvgIpc) is 2.54. The van der Waals surface area contributed by atoms with Gasteiger partial charge < -0.3 is 10.5 Å². The molecule has 6 heteroatoms. The molecule has 0 aliphatic heterocycles. The number of carbonyl (C=O) groups excluding carboxylic acids is 2. The number of hydrogen-bond donors (Lipinski definition) is 1. The molecule has 2 aromatic carbocycles. The first-order valence-electron chi connectivity index (χ1n) is 7.06. The number of aryl methyl sites for hydroxylation is 1. The zero-order valence-corrected chi connectivity index (χ0v) is 15.2. The van der Waals surface area contributed by atoms with Gasteiger partial charge in [0.2, 0.25) is 0 Å². The van der Waals surface area contributed by atoms with E-state index >= 15 is 0 Å². The Hall–Kier alpha value is -2.11. The quantitative estimate of drug-likeness (QED) is 0.576. The van der Waals surface area contributed by atoms with Crippen molar-refractivity contribution in [2.24, 2.45) is 5.73 Å². The van der Waals surface area contributed by atoms with E-state index in [1.54, 1.807) is 30.3 Å². The maximum Gasteiger partial charge on any atom is 0.255 e. The molecule has 0 atom stereocenters. The molecule has 124 valence electrons. The molecule has 4 nitrogen and oxygen atoms in total. The molecule has 0 saturated heterocycles. The second kappa shape index (κ2) is 8.13. The van der Waals surface area contributed by atoms with Gasteiger partial charge in [0.1, 0.15) is 5.75 Å². The minimum absolute atomic E-state index is 0.257. The fraction of sp³-hybridized carbons (Fsp3) is 0.111. The van der Waals surface area contributed by atoms with Crippen LogP contribution < -0.4 is 10.5 Å². The molecule has 0 unspecified atom stereocenters. The molecule has 0 bridgehead atoms. The summed E-state index contributed by atoms with van der Waals surface area (Å²) >= 11 is 9.39. The van der Waals surface area contributed by atoms with Crippen LogP contribution in [0.4, 0.5) is 0 Å². The van der Waals surface area contributed by atoms with Crippen LogP contribution >= 0.6 is 27.5 Å². The summed E-state index contributed by atoms with van der Waals surface area (Å²) in [6.45, 7) is 1.62. The maximum atomic E-state index is 12.5. The third-order valence-corrected chi connectivity index (χ3v) is 4.10. The van der Waals surface area contributed by atoms with Crippen LogP contribution in [0.2, 0.25) is 5.02 Å². The number of carbonyl (C=O) groups is 2. The second-order valence-corrected chi connectivity index (χ2v) is 6.42. The van der Waals surface area contributed by atoms with E-state index in [2.05, 4.69) is 15.9 Å². The molecule has 0 fully saturated rings. The summed E-state index contributed by atoms with van der Waals surface area (Å²) in [5.74, 6) is -0.567. The van der Waals surface area contributed by atoms with Gasteiger partial charge in [0.15, 0.2) is 12.4 Å². The molecule has 0 spiro atoms. The van der Waals surface area contributed by atoms with Crippen LogP contribution in [0, 0.1) is 6.92 Å². The Morgan fingerprint density at radius 2 is 2.00 bits per heavy atom. The highest BCUT2D eigenvalue weighted by Crippen LogP contribution is 2.25. The molecular weight excluding hydrogens is 394 g/mol. The standard InChI is InChI=1S/C18H15BrClNO3/c1-11-2-3-12(8-15(11)20)4-6-16(22)14-9-13(19)5-7-17(14)24-10-18(21)23/h2-9H,10H2,1H3,(H2,21,23)/b6-4+. The zero-order valence-electron chi connectivity index (χ0n) is 12.9. The molecular formula is C18H15BrClNO3. The lowest BCUT2D eigenvalue weighted by atomic mass is 10.1. The number of benzene rings is 2. The van der Waals surface area contributed by atoms with Crippen molar-refractivity contribution in [2.75, 3.05) is 6.61 Å². The second-order valence-electron chi connectivity index (χ2n) is 5.10. The molecule has 2 N–H and O–H groups in total. The Balaban J connectivity index is 2.24. The number of ketones is 1. The van der Waals surface area contributed by atoms with Gasteiger partial charge in [-0.1, -0.05) is 45.7 Å². The molecule has 0 aliphatic rings. The summed E-state index contributed by atoms with van der Waals surface area (Å²) in [4.78, 5) is 23.3. The van der Waals surface area contributed by atoms with Crippen molar-refractivity contribution >= 4 is 45.3 Å². The maximum absolute atomic E-state index is 12.5. The van der Waals surface area contributed by atoms with Gasteiger partial charge in [-0.2, -0.15) is 0 Å². The van der Waals surface area contributed by atoms with Crippen LogP contribution in [0.15, 0.2) is 46.9 Å². The summed E-state index contributed by atoms with van der Waals surface area (Å²) in [5.41, 5.74) is 7.19. The minimum atomic E-state index is -0.610. The van der Waals surface area contributed by atoms with Crippen molar-refractivity contribution in [2.45, 2.75) is 6.92 Å². The molecule has 0 aliphatic carbocycles. The van der Waals surface area contributed by atoms with Crippen molar-refractivity contribution in [3.05, 3.63) is 68.7 Å². The predicted octanol–water partition coefficient (Wildman–Crippen LogP) is 4.17. The molecule has 0 radical (unpaired) electrons. The van der Waals surface area contributed by atoms with E-state index in [-0.39, 0.29) is 12.4 Å². The van der Waals surface area contributed by atoms with Gasteiger partial charge in [0, 0.05) is 9.50 Å². The van der Waals surface area contributed by atoms with Gasteiger partial charge >= 0.3 is 0 Å². The normalized spacial score (nSPS) is 10.8. The molecule has 1 amide bonds. The Bertz CT molecular complexity index is 818. The molecule has 0 heterocycles. The first-order chi connectivity index (χ1) is 11.4. The molecule has 0 saturated carbocycles. The smallest absolute Gasteiger partial charge is 0.255 e. The van der Waals surface area contributed by atoms with Gasteiger partial charge in [-0.3, -0.25) is 9.59 Å². The lowest BCUT2D eigenvalue weighted by Gasteiger charge is -2.08. The fourth-order valence-corrected chi connectivity index (χ4v) is 2.49. The van der Waals surface area contributed by atoms with Crippen LogP contribution in [0.1, 0.15) is 21.5 Å². The van der Waals surface area contributed by atoms with Crippen LogP contribution in [0.5, 0.6) is 5.75 Å². The number of halogens is 2. The number of amides is 1. The van der Waals surface area contributed by atoms with E-state index in [0.717, 1.165) is 15.6 Å². The summed E-state index contributed by atoms with van der Waals surface area (Å²) < 4.78 is 6.02. The van der Waals surface area contributed by atoms with E-state index in [4.69, 9.17) is 22.1 Å². The first kappa shape index (κ1) is 18.2. The summed E-state index contributed by atoms with van der Waals surface area (Å²) in [5, 5.41) is 0.637. The number of hydrogen-bond acceptors (Lipinski definition) is 3. The van der Waals surface area contributed by atoms with Crippen LogP contribution in [-0.4, -0.2) is 18.3 Å². The number of nitrogens with two attached hydrogens (primary N) is 1. The van der Waals surface area contributed by atoms with E-state index in [0.29, 0.717) is 16.3 Å². The van der Waals surface area contributed by atoms with Gasteiger partial charge in [0.05, 0.1) is 5.56 Å². The summed E-state index contributed by atoms with van der Waals surface area (Å²) in [6.07, 6.45) is 3.10. The average molecular weight is 409 g/mol. The summed E-state index contributed by atoms with van der Waals surface area (Å²) in [6, 6.07) is 10.5. The van der Waals surface area contributed by atoms with Crippen molar-refractivity contribution in [3.63, 3.8) is 0 Å². The third-order valence-electron chi connectivity index (χ3n) is 3.20. The first-order valence-corrected chi connectivity index (χ1v) is 8.23. The fourth-order valence-electron chi connectivity index (χ4n) is 1.94. The lowest BCUT2D eigenvalue weighted by molar-refractivity contribution is -0.119. The van der Waals surface area contributed by atoms with Gasteiger partial charge in [-0.15, -0.1) is 0 Å². The Morgan fingerprint density at radius 1 is 1.25 bits per heavy atom. The van der Waals surface area contributed by atoms with Gasteiger partial charge in [-0.25, -0.2) is 0 Å². The molecule has 24 heavy (non-hydrogen) atoms. The number of primary amides is 1. The van der Waals surface area contributed by atoms with Gasteiger partial charge in [-0.05, 0) is 48.4 Å². The predicted molar refractivity (Wildman–Crippen MR) is 98.4 cm³/mol. The highest BCUT2D eigenvalue weighted by molar-refractivity contribution is 9.10. The molecule has 0 aromatic heterocycles. The van der Waals surface area contributed by atoms with Crippen molar-refractivity contribution in [1.82, 2.24) is 0 Å². The highest BCUT2D eigenvalue weighted by Gasteiger charge is 2.12. The monoisotopic (exact) mass is 407 g/mol. The van der Waals surface area contributed by atoms with Crippen LogP contribution in [0.25, 0.3) is 6.08 Å². The number of ether oxygens (including phenoxy) is 1. The van der Waals surface area contributed by atoms with E-state index in [1.807, 2.05) is 19.1 Å². The zero-order chi connectivity index (χ0) is 17.7. The highest BCUT2D eigenvalue weighted by atomic mass is 79.9. The SMILES string of the molecule is Cc1ccc(/C=C/C(=O)c2cc(Br)ccc2OCC(N)=O)cc1Cl. The minimum Gasteiger partial charge on any atom is -0.483 e. The topological polar surface area (TPSA) is 69.4 Å².